The molecule has 0 aliphatic rings. The first-order valence-corrected chi connectivity index (χ1v) is 4.36. The minimum absolute atomic E-state index is 0. The van der Waals surface area contributed by atoms with Crippen LogP contribution in [0.15, 0.2) is 23.2 Å². The van der Waals surface area contributed by atoms with E-state index in [0.717, 1.165) is 6.20 Å². The third-order valence-corrected chi connectivity index (χ3v) is 1.95. The second-order valence-electron chi connectivity index (χ2n) is 2.11. The molecule has 0 radical (unpaired) electrons. The van der Waals surface area contributed by atoms with Crippen LogP contribution in [0.5, 0.6) is 0 Å². The van der Waals surface area contributed by atoms with Gasteiger partial charge in [-0.25, -0.2) is 9.78 Å². The zero-order valence-electron chi connectivity index (χ0n) is 7.72. The fourth-order valence-corrected chi connectivity index (χ4v) is 1.02. The van der Waals surface area contributed by atoms with Gasteiger partial charge in [0.1, 0.15) is 5.69 Å². The number of aromatic nitrogens is 1. The first-order valence-electron chi connectivity index (χ1n) is 3.29. The molecule has 1 aromatic rings. The number of hydrogen-bond acceptors (Lipinski definition) is 5. The summed E-state index contributed by atoms with van der Waals surface area (Å²) in [7, 11) is 1.23. The molecule has 0 bridgehead atoms. The molecule has 70 valence electrons. The molecule has 5 nitrogen and oxygen atoms in total. The Balaban J connectivity index is 0.00000169. The molecule has 0 saturated heterocycles. The van der Waals surface area contributed by atoms with E-state index >= 15 is 0 Å². The van der Waals surface area contributed by atoms with Crippen LogP contribution in [0.4, 0.5) is 0 Å². The van der Waals surface area contributed by atoms with Gasteiger partial charge in [0.05, 0.1) is 7.11 Å². The second kappa shape index (κ2) is 6.26. The molecule has 7 heteroatoms. The van der Waals surface area contributed by atoms with Crippen molar-refractivity contribution in [3.63, 3.8) is 0 Å². The predicted octanol–water partition coefficient (Wildman–Crippen LogP) is -2.89. The maximum atomic E-state index is 10.9. The number of carbonyl (C=O) groups excluding carboxylic acids is 1. The minimum atomic E-state index is -2.32. The van der Waals surface area contributed by atoms with Crippen molar-refractivity contribution in [2.45, 2.75) is 4.90 Å². The standard InChI is InChI=1S/C7H7NO4S.Na/c1-12-7(9)6-3-2-5(4-8-6)13(10)11;/h2-4H,1H3,(H,10,11);/q;+1/p-1. The molecule has 0 saturated carbocycles. The fraction of sp³-hybridized carbons (Fsp3) is 0.143. The summed E-state index contributed by atoms with van der Waals surface area (Å²) in [6.45, 7) is 0. The Bertz CT molecular complexity index is 340. The van der Waals surface area contributed by atoms with E-state index in [1.807, 2.05) is 0 Å². The molecule has 1 aromatic heterocycles. The average Bonchev–Trinajstić information content (AvgIpc) is 2.17. The zero-order chi connectivity index (χ0) is 9.84. The molecule has 0 amide bonds. The van der Waals surface area contributed by atoms with Gasteiger partial charge in [0.2, 0.25) is 0 Å². The third-order valence-electron chi connectivity index (χ3n) is 1.32. The number of carbonyl (C=O) groups is 1. The first-order chi connectivity index (χ1) is 6.15. The van der Waals surface area contributed by atoms with E-state index in [9.17, 15) is 13.6 Å². The fourth-order valence-electron chi connectivity index (χ4n) is 0.704. The Morgan fingerprint density at radius 2 is 2.21 bits per heavy atom. The number of pyridine rings is 1. The number of methoxy groups -OCH3 is 1. The van der Waals surface area contributed by atoms with Crippen molar-refractivity contribution in [2.24, 2.45) is 0 Å². The van der Waals surface area contributed by atoms with Crippen LogP contribution >= 0.6 is 0 Å². The number of esters is 1. The van der Waals surface area contributed by atoms with Crippen LogP contribution in [0.25, 0.3) is 0 Å². The molecule has 1 unspecified atom stereocenters. The molecule has 0 N–H and O–H groups in total. The maximum absolute atomic E-state index is 10.9. The van der Waals surface area contributed by atoms with Crippen LogP contribution in [-0.2, 0) is 15.8 Å². The van der Waals surface area contributed by atoms with Gasteiger partial charge in [-0.3, -0.25) is 4.21 Å². The number of nitrogens with zero attached hydrogens (tertiary/aromatic N) is 1. The van der Waals surface area contributed by atoms with Gasteiger partial charge in [0, 0.05) is 11.1 Å². The van der Waals surface area contributed by atoms with Crippen LogP contribution in [0.2, 0.25) is 0 Å². The summed E-state index contributed by atoms with van der Waals surface area (Å²) in [4.78, 5) is 14.5. The van der Waals surface area contributed by atoms with Gasteiger partial charge in [-0.1, -0.05) is 0 Å². The molecule has 0 spiro atoms. The van der Waals surface area contributed by atoms with E-state index in [1.54, 1.807) is 0 Å². The van der Waals surface area contributed by atoms with Gasteiger partial charge >= 0.3 is 35.5 Å². The zero-order valence-corrected chi connectivity index (χ0v) is 10.5. The van der Waals surface area contributed by atoms with Gasteiger partial charge in [-0.05, 0) is 23.2 Å². The average molecular weight is 223 g/mol. The van der Waals surface area contributed by atoms with E-state index < -0.39 is 17.0 Å². The Hall–Kier alpha value is -0.270. The van der Waals surface area contributed by atoms with Crippen LogP contribution in [0.3, 0.4) is 0 Å². The van der Waals surface area contributed by atoms with Crippen molar-refractivity contribution < 1.29 is 47.9 Å². The monoisotopic (exact) mass is 223 g/mol. The molecule has 1 heterocycles. The molecule has 1 rings (SSSR count). The Morgan fingerprint density at radius 3 is 2.57 bits per heavy atom. The topological polar surface area (TPSA) is 79.3 Å². The summed E-state index contributed by atoms with van der Waals surface area (Å²) in [5.41, 5.74) is 0.0803. The summed E-state index contributed by atoms with van der Waals surface area (Å²) in [6, 6.07) is 2.57. The van der Waals surface area contributed by atoms with Gasteiger partial charge < -0.3 is 9.29 Å². The molecule has 0 aliphatic heterocycles. The minimum Gasteiger partial charge on any atom is -0.768 e. The number of hydrogen-bond donors (Lipinski definition) is 0. The molecule has 0 aliphatic carbocycles. The smallest absolute Gasteiger partial charge is 0.768 e. The van der Waals surface area contributed by atoms with Crippen molar-refractivity contribution >= 4 is 17.0 Å². The maximum Gasteiger partial charge on any atom is 1.00 e. The van der Waals surface area contributed by atoms with Gasteiger partial charge in [-0.15, -0.1) is 0 Å². The van der Waals surface area contributed by atoms with Crippen LogP contribution in [-0.4, -0.2) is 26.8 Å². The van der Waals surface area contributed by atoms with Gasteiger partial charge in [0.15, 0.2) is 0 Å². The Morgan fingerprint density at radius 1 is 1.57 bits per heavy atom. The van der Waals surface area contributed by atoms with Gasteiger partial charge in [-0.2, -0.15) is 0 Å². The number of ether oxygens (including phenoxy) is 1. The molecular weight excluding hydrogens is 217 g/mol. The largest absolute Gasteiger partial charge is 1.00 e. The molecular formula is C7H6NNaO4S. The van der Waals surface area contributed by atoms with E-state index in [-0.39, 0.29) is 40.1 Å². The summed E-state index contributed by atoms with van der Waals surface area (Å²) < 4.78 is 25.2. The normalized spacial score (nSPS) is 11.3. The van der Waals surface area contributed by atoms with Crippen LogP contribution in [0, 0.1) is 0 Å². The quantitative estimate of drug-likeness (QED) is 0.305. The molecule has 1 atom stereocenters. The Labute approximate surface area is 105 Å². The first kappa shape index (κ1) is 13.7. The van der Waals surface area contributed by atoms with Crippen molar-refractivity contribution in [1.29, 1.82) is 0 Å². The van der Waals surface area contributed by atoms with Crippen molar-refractivity contribution in [3.8, 4) is 0 Å². The van der Waals surface area contributed by atoms with Crippen molar-refractivity contribution in [3.05, 3.63) is 24.0 Å². The summed E-state index contributed by atoms with van der Waals surface area (Å²) in [6.07, 6.45) is 1.09. The van der Waals surface area contributed by atoms with Crippen molar-refractivity contribution in [2.75, 3.05) is 7.11 Å². The van der Waals surface area contributed by atoms with Crippen molar-refractivity contribution in [1.82, 2.24) is 4.98 Å². The summed E-state index contributed by atoms with van der Waals surface area (Å²) in [5.74, 6) is -0.594. The molecule has 14 heavy (non-hydrogen) atoms. The molecule has 0 aromatic carbocycles. The van der Waals surface area contributed by atoms with Crippen LogP contribution < -0.4 is 29.6 Å². The van der Waals surface area contributed by atoms with E-state index in [1.165, 1.54) is 19.2 Å². The summed E-state index contributed by atoms with van der Waals surface area (Å²) >= 11 is -2.32. The summed E-state index contributed by atoms with van der Waals surface area (Å²) in [5, 5.41) is 0. The third kappa shape index (κ3) is 3.47. The van der Waals surface area contributed by atoms with Crippen LogP contribution in [0.1, 0.15) is 10.5 Å². The Kier molecular flexibility index (Phi) is 6.14. The second-order valence-corrected chi connectivity index (χ2v) is 3.05. The van der Waals surface area contributed by atoms with E-state index in [0.29, 0.717) is 0 Å². The van der Waals surface area contributed by atoms with E-state index in [2.05, 4.69) is 9.72 Å². The SMILES string of the molecule is COC(=O)c1ccc(S(=O)[O-])cn1.[Na+]. The number of rotatable bonds is 2. The predicted molar refractivity (Wildman–Crippen MR) is 42.8 cm³/mol. The molecule has 0 fully saturated rings. The van der Waals surface area contributed by atoms with Gasteiger partial charge in [0.25, 0.3) is 0 Å². The van der Waals surface area contributed by atoms with E-state index in [4.69, 9.17) is 0 Å².